The zero-order valence-electron chi connectivity index (χ0n) is 6.77. The molecule has 76 valence electrons. The van der Waals surface area contributed by atoms with Crippen molar-refractivity contribution in [3.05, 3.63) is 30.3 Å². The number of halogens is 2. The maximum atomic E-state index is 8.40. The normalized spacial score (nSPS) is 7.15. The van der Waals surface area contributed by atoms with Gasteiger partial charge in [0.2, 0.25) is 0 Å². The zero-order chi connectivity index (χ0) is 7.23. The summed E-state index contributed by atoms with van der Waals surface area (Å²) < 4.78 is 5.11. The van der Waals surface area contributed by atoms with Crippen LogP contribution in [0.25, 0.3) is 0 Å². The van der Waals surface area contributed by atoms with Crippen LogP contribution in [0.5, 0.6) is 5.75 Å². The van der Waals surface area contributed by atoms with Crippen molar-refractivity contribution >= 4 is 0 Å². The molecule has 0 saturated carbocycles. The summed E-state index contributed by atoms with van der Waals surface area (Å²) in [5.41, 5.74) is 0. The van der Waals surface area contributed by atoms with Gasteiger partial charge >= 0.3 is 19.5 Å². The first-order chi connectivity index (χ1) is 4.93. The molecule has 0 spiro atoms. The third-order valence-corrected chi connectivity index (χ3v) is 1.10. The Balaban J connectivity index is -0.000000333. The van der Waals surface area contributed by atoms with Crippen molar-refractivity contribution in [2.45, 2.75) is 0 Å². The average Bonchev–Trinajstić information content (AvgIpc) is 2.03. The minimum Gasteiger partial charge on any atom is -1.00 e. The number of aliphatic hydroxyl groups excluding tert-OH is 1. The van der Waals surface area contributed by atoms with Gasteiger partial charge in [-0.05, 0) is 12.1 Å². The first kappa shape index (κ1) is 18.3. The molecule has 0 heterocycles. The Morgan fingerprint density at radius 2 is 1.62 bits per heavy atom. The molecule has 5 heteroatoms. The van der Waals surface area contributed by atoms with Crippen LogP contribution in [0.2, 0.25) is 0 Å². The Hall–Kier alpha value is -0.537. The molecule has 0 radical (unpaired) electrons. The summed E-state index contributed by atoms with van der Waals surface area (Å²) in [6.45, 7) is 0.429. The van der Waals surface area contributed by atoms with Gasteiger partial charge < -0.3 is 19.3 Å². The van der Waals surface area contributed by atoms with Crippen molar-refractivity contribution in [3.63, 3.8) is 0 Å². The van der Waals surface area contributed by atoms with Crippen LogP contribution in [-0.4, -0.2) is 18.3 Å². The fraction of sp³-hybridized carbons (Fsp3) is 0.250. The zero-order valence-corrected chi connectivity index (χ0v) is 8.50. The molecular weight excluding hydrogens is 267 g/mol. The number of para-hydroxylation sites is 1. The van der Waals surface area contributed by atoms with Crippen molar-refractivity contribution < 1.29 is 38.7 Å². The second kappa shape index (κ2) is 11.5. The molecule has 1 aromatic carbocycles. The van der Waals surface area contributed by atoms with Gasteiger partial charge in [-0.2, -0.15) is 0 Å². The molecule has 0 saturated heterocycles. The van der Waals surface area contributed by atoms with Gasteiger partial charge in [-0.3, -0.25) is 0 Å². The van der Waals surface area contributed by atoms with Crippen LogP contribution in [0.4, 0.5) is 0 Å². The van der Waals surface area contributed by atoms with Crippen molar-refractivity contribution in [2.24, 2.45) is 0 Å². The molecule has 0 atom stereocenters. The van der Waals surface area contributed by atoms with E-state index in [4.69, 9.17) is 9.84 Å². The minimum atomic E-state index is 0. The van der Waals surface area contributed by atoms with E-state index in [2.05, 4.69) is 0 Å². The molecule has 0 fully saturated rings. The smallest absolute Gasteiger partial charge is 1.00 e. The predicted molar refractivity (Wildman–Crippen MR) is 39.0 cm³/mol. The van der Waals surface area contributed by atoms with Gasteiger partial charge in [-0.25, -0.2) is 0 Å². The van der Waals surface area contributed by atoms with Crippen LogP contribution < -0.4 is 14.1 Å². The Bertz CT molecular complexity index is 185. The Labute approximate surface area is 88.4 Å². The van der Waals surface area contributed by atoms with Crippen molar-refractivity contribution in [1.82, 2.24) is 0 Å². The van der Waals surface area contributed by atoms with E-state index in [1.807, 2.05) is 30.3 Å². The van der Waals surface area contributed by atoms with Gasteiger partial charge in [0.1, 0.15) is 12.4 Å². The van der Waals surface area contributed by atoms with Gasteiger partial charge in [-0.1, -0.05) is 18.2 Å². The minimum absolute atomic E-state index is 0. The van der Waals surface area contributed by atoms with Crippen LogP contribution in [-0.2, 0) is 19.5 Å². The van der Waals surface area contributed by atoms with E-state index < -0.39 is 0 Å². The Kier molecular flexibility index (Phi) is 16.1. The molecule has 0 bridgehead atoms. The molecule has 0 unspecified atom stereocenters. The largest absolute Gasteiger partial charge is 2.00 e. The summed E-state index contributed by atoms with van der Waals surface area (Å²) >= 11 is 0. The van der Waals surface area contributed by atoms with Crippen LogP contribution in [0.3, 0.4) is 0 Å². The van der Waals surface area contributed by atoms with Crippen molar-refractivity contribution in [2.75, 3.05) is 13.2 Å². The van der Waals surface area contributed by atoms with E-state index in [1.165, 1.54) is 0 Å². The molecule has 1 rings (SSSR count). The number of aliphatic hydroxyl groups is 1. The first-order valence-electron chi connectivity index (χ1n) is 3.22. The Morgan fingerprint density at radius 3 is 2.08 bits per heavy atom. The topological polar surface area (TPSA) is 29.5 Å². The van der Waals surface area contributed by atoms with E-state index in [9.17, 15) is 0 Å². The number of hydrogen-bond acceptors (Lipinski definition) is 2. The van der Waals surface area contributed by atoms with Gasteiger partial charge in [0.15, 0.2) is 0 Å². The molecule has 13 heavy (non-hydrogen) atoms. The molecule has 0 aromatic heterocycles. The fourth-order valence-electron chi connectivity index (χ4n) is 0.680. The van der Waals surface area contributed by atoms with Gasteiger partial charge in [0, 0.05) is 0 Å². The SMILES string of the molecule is OCCOc1ccccc1.[F-].[F-].[Ru+2]. The third-order valence-electron chi connectivity index (χ3n) is 1.10. The van der Waals surface area contributed by atoms with E-state index in [-0.39, 0.29) is 35.5 Å². The van der Waals surface area contributed by atoms with Crippen molar-refractivity contribution in [3.8, 4) is 5.75 Å². The Morgan fingerprint density at radius 1 is 1.08 bits per heavy atom. The molecule has 0 aliphatic heterocycles. The van der Waals surface area contributed by atoms with Crippen LogP contribution in [0.15, 0.2) is 30.3 Å². The summed E-state index contributed by atoms with van der Waals surface area (Å²) in [4.78, 5) is 0. The van der Waals surface area contributed by atoms with E-state index >= 15 is 0 Å². The number of ether oxygens (including phenoxy) is 1. The van der Waals surface area contributed by atoms with E-state index in [1.54, 1.807) is 0 Å². The summed E-state index contributed by atoms with van der Waals surface area (Å²) in [5, 5.41) is 8.40. The standard InChI is InChI=1S/C8H10O2.2FH.Ru/c9-6-7-10-8-4-2-1-3-5-8;;;/h1-5,9H,6-7H2;2*1H;/q;;;+2/p-2. The second-order valence-corrected chi connectivity index (χ2v) is 1.89. The molecule has 0 aliphatic carbocycles. The molecule has 1 N–H and O–H groups in total. The monoisotopic (exact) mass is 278 g/mol. The quantitative estimate of drug-likeness (QED) is 0.561. The van der Waals surface area contributed by atoms with E-state index in [0.717, 1.165) is 5.75 Å². The summed E-state index contributed by atoms with van der Waals surface area (Å²) in [7, 11) is 0. The number of benzene rings is 1. The van der Waals surface area contributed by atoms with Gasteiger partial charge in [0.25, 0.3) is 0 Å². The van der Waals surface area contributed by atoms with Crippen molar-refractivity contribution in [1.29, 1.82) is 0 Å². The molecule has 0 aliphatic rings. The number of hydrogen-bond donors (Lipinski definition) is 1. The molecule has 1 aromatic rings. The van der Waals surface area contributed by atoms with Gasteiger partial charge in [0.05, 0.1) is 6.61 Å². The first-order valence-corrected chi connectivity index (χ1v) is 3.22. The van der Waals surface area contributed by atoms with Crippen LogP contribution in [0.1, 0.15) is 0 Å². The maximum absolute atomic E-state index is 8.40. The maximum Gasteiger partial charge on any atom is 2.00 e. The molecule has 2 nitrogen and oxygen atoms in total. The third kappa shape index (κ3) is 7.81. The van der Waals surface area contributed by atoms with Gasteiger partial charge in [-0.15, -0.1) is 0 Å². The summed E-state index contributed by atoms with van der Waals surface area (Å²) in [6.07, 6.45) is 0. The van der Waals surface area contributed by atoms with E-state index in [0.29, 0.717) is 6.61 Å². The summed E-state index contributed by atoms with van der Waals surface area (Å²) in [6, 6.07) is 9.43. The fourth-order valence-corrected chi connectivity index (χ4v) is 0.680. The number of rotatable bonds is 3. The molecular formula is C8H10F2O2Ru. The average molecular weight is 277 g/mol. The molecule has 0 amide bonds. The van der Waals surface area contributed by atoms with Crippen LogP contribution >= 0.6 is 0 Å². The second-order valence-electron chi connectivity index (χ2n) is 1.89. The summed E-state index contributed by atoms with van der Waals surface area (Å²) in [5.74, 6) is 0.802. The predicted octanol–water partition coefficient (Wildman–Crippen LogP) is -4.94. The van der Waals surface area contributed by atoms with Crippen LogP contribution in [0, 0.1) is 0 Å².